The first-order valence-corrected chi connectivity index (χ1v) is 22.7. The molecule has 310 valence electrons. The average Bonchev–Trinajstić information content (AvgIpc) is 3.15. The number of esters is 1. The predicted octanol–water partition coefficient (Wildman–Crippen LogP) is 12.9. The standard InChI is InChI=1S/C47H87NO5/c1-4-7-10-13-16-19-21-22-23-25-28-31-34-37-40-47(52)53-43(38-35-32-29-27-24-20-17-14-11-8-5-2)41-46(51)48-44(42-49)45(50)39-36-33-30-26-18-15-12-9-6-3/h7,10,16,19,27,29,43-45,49-50H,4-6,8-9,11-15,17-18,20-26,28,30-42H2,1-3H3,(H,48,51)/b10-7+,19-16+,29-27-. The van der Waals surface area contributed by atoms with E-state index in [2.05, 4.69) is 62.5 Å². The monoisotopic (exact) mass is 746 g/mol. The predicted molar refractivity (Wildman–Crippen MR) is 227 cm³/mol. The molecule has 0 radical (unpaired) electrons. The maximum atomic E-state index is 13.1. The summed E-state index contributed by atoms with van der Waals surface area (Å²) in [4.78, 5) is 25.9. The van der Waals surface area contributed by atoms with Gasteiger partial charge in [-0.25, -0.2) is 0 Å². The molecule has 0 bridgehead atoms. The highest BCUT2D eigenvalue weighted by atomic mass is 16.5. The van der Waals surface area contributed by atoms with Crippen molar-refractivity contribution in [1.29, 1.82) is 0 Å². The molecule has 0 aliphatic rings. The van der Waals surface area contributed by atoms with Crippen molar-refractivity contribution in [3.05, 3.63) is 36.5 Å². The van der Waals surface area contributed by atoms with Gasteiger partial charge in [-0.3, -0.25) is 9.59 Å². The van der Waals surface area contributed by atoms with Gasteiger partial charge in [0, 0.05) is 6.42 Å². The Hall–Kier alpha value is -1.92. The molecule has 0 rings (SSSR count). The molecular formula is C47H87NO5. The summed E-state index contributed by atoms with van der Waals surface area (Å²) in [7, 11) is 0. The normalized spacial score (nSPS) is 13.7. The molecule has 3 N–H and O–H groups in total. The number of ether oxygens (including phenoxy) is 1. The SMILES string of the molecule is CC/C=C/C/C=C/CCCCCCCCCC(=O)OC(CCC/C=C\CCCCCCCC)CC(=O)NC(CO)C(O)CCCCCCCCCCC. The minimum atomic E-state index is -0.791. The van der Waals surface area contributed by atoms with E-state index in [1.54, 1.807) is 0 Å². The van der Waals surface area contributed by atoms with E-state index in [1.807, 2.05) is 0 Å². The number of aliphatic hydroxyl groups is 2. The zero-order valence-corrected chi connectivity index (χ0v) is 35.1. The van der Waals surface area contributed by atoms with Crippen molar-refractivity contribution >= 4 is 11.9 Å². The summed E-state index contributed by atoms with van der Waals surface area (Å²) in [5.41, 5.74) is 0. The lowest BCUT2D eigenvalue weighted by atomic mass is 10.0. The molecule has 0 saturated carbocycles. The zero-order chi connectivity index (χ0) is 38.9. The Morgan fingerprint density at radius 1 is 0.566 bits per heavy atom. The molecule has 0 aliphatic heterocycles. The molecule has 53 heavy (non-hydrogen) atoms. The van der Waals surface area contributed by atoms with Gasteiger partial charge in [0.25, 0.3) is 0 Å². The Balaban J connectivity index is 4.61. The number of rotatable bonds is 40. The zero-order valence-electron chi connectivity index (χ0n) is 35.1. The van der Waals surface area contributed by atoms with E-state index in [-0.39, 0.29) is 24.9 Å². The van der Waals surface area contributed by atoms with Gasteiger partial charge in [0.15, 0.2) is 0 Å². The summed E-state index contributed by atoms with van der Waals surface area (Å²) in [6.07, 6.45) is 46.4. The smallest absolute Gasteiger partial charge is 0.306 e. The molecule has 0 spiro atoms. The van der Waals surface area contributed by atoms with Crippen molar-refractivity contribution in [1.82, 2.24) is 5.32 Å². The molecule has 0 saturated heterocycles. The quantitative estimate of drug-likeness (QED) is 0.0330. The summed E-state index contributed by atoms with van der Waals surface area (Å²) in [6, 6.07) is -0.706. The lowest BCUT2D eigenvalue weighted by Gasteiger charge is -2.24. The van der Waals surface area contributed by atoms with Crippen LogP contribution in [0.1, 0.15) is 226 Å². The number of aliphatic hydroxyl groups excluding tert-OH is 2. The fourth-order valence-electron chi connectivity index (χ4n) is 6.76. The van der Waals surface area contributed by atoms with Crippen molar-refractivity contribution in [2.24, 2.45) is 0 Å². The van der Waals surface area contributed by atoms with Crippen LogP contribution in [-0.2, 0) is 14.3 Å². The summed E-state index contributed by atoms with van der Waals surface area (Å²) < 4.78 is 5.88. The summed E-state index contributed by atoms with van der Waals surface area (Å²) in [5, 5.41) is 23.5. The van der Waals surface area contributed by atoms with Gasteiger partial charge in [0.05, 0.1) is 25.2 Å². The van der Waals surface area contributed by atoms with Crippen LogP contribution in [0, 0.1) is 0 Å². The van der Waals surface area contributed by atoms with Crippen LogP contribution in [0.25, 0.3) is 0 Å². The molecule has 1 amide bonds. The fraction of sp³-hybridized carbons (Fsp3) is 0.830. The number of carbonyl (C=O) groups excluding carboxylic acids is 2. The van der Waals surface area contributed by atoms with E-state index in [4.69, 9.17) is 4.74 Å². The third-order valence-corrected chi connectivity index (χ3v) is 10.2. The lowest BCUT2D eigenvalue weighted by molar-refractivity contribution is -0.151. The van der Waals surface area contributed by atoms with Gasteiger partial charge in [-0.2, -0.15) is 0 Å². The van der Waals surface area contributed by atoms with Gasteiger partial charge in [0.1, 0.15) is 6.10 Å². The summed E-state index contributed by atoms with van der Waals surface area (Å²) >= 11 is 0. The second-order valence-electron chi connectivity index (χ2n) is 15.4. The van der Waals surface area contributed by atoms with Gasteiger partial charge in [-0.1, -0.05) is 179 Å². The number of amides is 1. The van der Waals surface area contributed by atoms with Gasteiger partial charge in [-0.05, 0) is 70.6 Å². The summed E-state index contributed by atoms with van der Waals surface area (Å²) in [5.74, 6) is -0.512. The number of nitrogens with one attached hydrogen (secondary N) is 1. The Kier molecular flexibility index (Phi) is 39.8. The lowest BCUT2D eigenvalue weighted by Crippen LogP contribution is -2.46. The Morgan fingerprint density at radius 3 is 1.58 bits per heavy atom. The third-order valence-electron chi connectivity index (χ3n) is 10.2. The Morgan fingerprint density at radius 2 is 1.04 bits per heavy atom. The Bertz CT molecular complexity index is 884. The van der Waals surface area contributed by atoms with E-state index in [0.717, 1.165) is 77.0 Å². The minimum Gasteiger partial charge on any atom is -0.462 e. The maximum absolute atomic E-state index is 13.1. The topological polar surface area (TPSA) is 95.9 Å². The number of carbonyl (C=O) groups is 2. The average molecular weight is 746 g/mol. The first-order chi connectivity index (χ1) is 26.0. The highest BCUT2D eigenvalue weighted by Gasteiger charge is 2.24. The molecule has 0 aromatic heterocycles. The van der Waals surface area contributed by atoms with Crippen LogP contribution in [0.2, 0.25) is 0 Å². The molecule has 0 fully saturated rings. The maximum Gasteiger partial charge on any atom is 0.306 e. The van der Waals surface area contributed by atoms with Crippen molar-refractivity contribution in [2.45, 2.75) is 244 Å². The molecule has 6 nitrogen and oxygen atoms in total. The highest BCUT2D eigenvalue weighted by molar-refractivity contribution is 5.77. The first kappa shape index (κ1) is 51.1. The van der Waals surface area contributed by atoms with Crippen LogP contribution >= 0.6 is 0 Å². The van der Waals surface area contributed by atoms with Crippen LogP contribution in [-0.4, -0.2) is 46.9 Å². The minimum absolute atomic E-state index is 0.0547. The first-order valence-electron chi connectivity index (χ1n) is 22.7. The van der Waals surface area contributed by atoms with Gasteiger partial charge < -0.3 is 20.3 Å². The van der Waals surface area contributed by atoms with Gasteiger partial charge >= 0.3 is 5.97 Å². The third kappa shape index (κ3) is 36.8. The van der Waals surface area contributed by atoms with Gasteiger partial charge in [0.2, 0.25) is 5.91 Å². The van der Waals surface area contributed by atoms with E-state index in [9.17, 15) is 19.8 Å². The Labute approximate surface area is 328 Å². The van der Waals surface area contributed by atoms with Crippen LogP contribution in [0.4, 0.5) is 0 Å². The number of allylic oxidation sites excluding steroid dienone is 6. The second kappa shape index (κ2) is 41.2. The molecule has 0 heterocycles. The second-order valence-corrected chi connectivity index (χ2v) is 15.4. The van der Waals surface area contributed by atoms with Crippen LogP contribution in [0.15, 0.2) is 36.5 Å². The molecule has 0 aromatic rings. The fourth-order valence-corrected chi connectivity index (χ4v) is 6.76. The van der Waals surface area contributed by atoms with E-state index >= 15 is 0 Å². The van der Waals surface area contributed by atoms with Crippen molar-refractivity contribution in [2.75, 3.05) is 6.61 Å². The van der Waals surface area contributed by atoms with Gasteiger partial charge in [-0.15, -0.1) is 0 Å². The van der Waals surface area contributed by atoms with Crippen molar-refractivity contribution in [3.8, 4) is 0 Å². The van der Waals surface area contributed by atoms with Crippen LogP contribution < -0.4 is 5.32 Å². The largest absolute Gasteiger partial charge is 0.462 e. The molecular weight excluding hydrogens is 659 g/mol. The van der Waals surface area contributed by atoms with Crippen molar-refractivity contribution in [3.63, 3.8) is 0 Å². The van der Waals surface area contributed by atoms with E-state index in [1.165, 1.54) is 103 Å². The molecule has 0 aliphatic carbocycles. The number of hydrogen-bond acceptors (Lipinski definition) is 5. The summed E-state index contributed by atoms with van der Waals surface area (Å²) in [6.45, 7) is 6.33. The molecule has 0 aromatic carbocycles. The number of unbranched alkanes of at least 4 members (excludes halogenated alkanes) is 22. The number of hydrogen-bond donors (Lipinski definition) is 3. The van der Waals surface area contributed by atoms with Crippen LogP contribution in [0.5, 0.6) is 0 Å². The van der Waals surface area contributed by atoms with Crippen molar-refractivity contribution < 1.29 is 24.5 Å². The highest BCUT2D eigenvalue weighted by Crippen LogP contribution is 2.16. The molecule has 6 heteroatoms. The molecule has 3 unspecified atom stereocenters. The van der Waals surface area contributed by atoms with E-state index < -0.39 is 18.2 Å². The van der Waals surface area contributed by atoms with E-state index in [0.29, 0.717) is 19.3 Å². The molecule has 3 atom stereocenters. The van der Waals surface area contributed by atoms with Crippen LogP contribution in [0.3, 0.4) is 0 Å².